The van der Waals surface area contributed by atoms with Crippen molar-refractivity contribution < 1.29 is 9.59 Å². The molecule has 1 aliphatic carbocycles. The average Bonchev–Trinajstić information content (AvgIpc) is 1.79. The Morgan fingerprint density at radius 2 is 2.00 bits per heavy atom. The molecule has 0 aliphatic heterocycles. The molecular formula is C8H12O2. The molecule has 0 unspecified atom stereocenters. The molecule has 0 N–H and O–H groups in total. The molecule has 0 aromatic heterocycles. The average molecular weight is 140 g/mol. The van der Waals surface area contributed by atoms with Crippen LogP contribution in [0.5, 0.6) is 0 Å². The molecule has 0 spiro atoms. The molecule has 0 saturated heterocycles. The van der Waals surface area contributed by atoms with Gasteiger partial charge >= 0.3 is 0 Å². The Balaban J connectivity index is 2.38. The molecule has 0 aromatic carbocycles. The smallest absolute Gasteiger partial charge is 0.139 e. The highest BCUT2D eigenvalue weighted by Crippen LogP contribution is 2.26. The summed E-state index contributed by atoms with van der Waals surface area (Å²) in [6, 6.07) is 0. The van der Waals surface area contributed by atoms with Gasteiger partial charge in [0.25, 0.3) is 0 Å². The normalized spacial score (nSPS) is 19.3. The van der Waals surface area contributed by atoms with E-state index in [-0.39, 0.29) is 23.4 Å². The quantitative estimate of drug-likeness (QED) is 0.577. The van der Waals surface area contributed by atoms with Crippen molar-refractivity contribution in [1.29, 1.82) is 0 Å². The van der Waals surface area contributed by atoms with E-state index in [1.807, 2.05) is 13.8 Å². The third kappa shape index (κ3) is 1.25. The number of ketones is 2. The summed E-state index contributed by atoms with van der Waals surface area (Å²) in [5.41, 5.74) is 0. The van der Waals surface area contributed by atoms with Gasteiger partial charge in [0.2, 0.25) is 0 Å². The van der Waals surface area contributed by atoms with Crippen molar-refractivity contribution in [1.82, 2.24) is 0 Å². The lowest BCUT2D eigenvalue weighted by atomic mass is 9.78. The van der Waals surface area contributed by atoms with Crippen molar-refractivity contribution in [2.45, 2.75) is 26.7 Å². The maximum atomic E-state index is 11.1. The third-order valence-electron chi connectivity index (χ3n) is 1.92. The highest BCUT2D eigenvalue weighted by Gasteiger charge is 2.33. The lowest BCUT2D eigenvalue weighted by Gasteiger charge is -2.23. The van der Waals surface area contributed by atoms with Crippen LogP contribution in [-0.2, 0) is 9.59 Å². The van der Waals surface area contributed by atoms with Crippen molar-refractivity contribution in [3.05, 3.63) is 0 Å². The monoisotopic (exact) mass is 140 g/mol. The van der Waals surface area contributed by atoms with Crippen LogP contribution in [0.2, 0.25) is 0 Å². The Morgan fingerprint density at radius 3 is 2.30 bits per heavy atom. The molecule has 1 saturated carbocycles. The first kappa shape index (κ1) is 7.45. The first-order valence-corrected chi connectivity index (χ1v) is 3.66. The summed E-state index contributed by atoms with van der Waals surface area (Å²) in [4.78, 5) is 21.6. The molecule has 0 bridgehead atoms. The summed E-state index contributed by atoms with van der Waals surface area (Å²) in [5.74, 6) is 0.643. The Labute approximate surface area is 60.6 Å². The molecule has 56 valence electrons. The standard InChI is InChI=1S/C8H12O2/c1-5(2)8(10)6-3-7(9)4-6/h5-6H,3-4H2,1-2H3. The molecule has 10 heavy (non-hydrogen) atoms. The molecule has 0 atom stereocenters. The van der Waals surface area contributed by atoms with E-state index in [1.165, 1.54) is 0 Å². The number of rotatable bonds is 2. The number of Topliss-reactive ketones (excluding diaryl/α,β-unsaturated/α-hetero) is 2. The van der Waals surface area contributed by atoms with Crippen LogP contribution in [0.25, 0.3) is 0 Å². The number of hydrogen-bond acceptors (Lipinski definition) is 2. The van der Waals surface area contributed by atoms with Gasteiger partial charge in [-0.25, -0.2) is 0 Å². The van der Waals surface area contributed by atoms with Crippen LogP contribution in [0.1, 0.15) is 26.7 Å². The summed E-state index contributed by atoms with van der Waals surface area (Å²) in [6.45, 7) is 3.76. The van der Waals surface area contributed by atoms with Gasteiger partial charge in [-0.05, 0) is 0 Å². The van der Waals surface area contributed by atoms with Crippen LogP contribution in [0.15, 0.2) is 0 Å². The van der Waals surface area contributed by atoms with E-state index >= 15 is 0 Å². The van der Waals surface area contributed by atoms with Gasteiger partial charge < -0.3 is 0 Å². The van der Waals surface area contributed by atoms with Crippen molar-refractivity contribution in [2.75, 3.05) is 0 Å². The van der Waals surface area contributed by atoms with Crippen LogP contribution < -0.4 is 0 Å². The van der Waals surface area contributed by atoms with Gasteiger partial charge in [0.1, 0.15) is 11.6 Å². The van der Waals surface area contributed by atoms with E-state index < -0.39 is 0 Å². The predicted octanol–water partition coefficient (Wildman–Crippen LogP) is 1.19. The summed E-state index contributed by atoms with van der Waals surface area (Å²) < 4.78 is 0. The summed E-state index contributed by atoms with van der Waals surface area (Å²) in [6.07, 6.45) is 0.994. The fraction of sp³-hybridized carbons (Fsp3) is 0.750. The van der Waals surface area contributed by atoms with Crippen LogP contribution in [0.4, 0.5) is 0 Å². The van der Waals surface area contributed by atoms with Gasteiger partial charge in [-0.1, -0.05) is 13.8 Å². The van der Waals surface area contributed by atoms with Gasteiger partial charge in [0.15, 0.2) is 0 Å². The van der Waals surface area contributed by atoms with Crippen LogP contribution >= 0.6 is 0 Å². The van der Waals surface area contributed by atoms with E-state index in [1.54, 1.807) is 0 Å². The molecule has 0 heterocycles. The molecule has 1 rings (SSSR count). The Bertz CT molecular complexity index is 162. The van der Waals surface area contributed by atoms with E-state index in [2.05, 4.69) is 0 Å². The second-order valence-electron chi connectivity index (χ2n) is 3.20. The molecule has 1 fully saturated rings. The van der Waals surface area contributed by atoms with Gasteiger partial charge in [-0.3, -0.25) is 9.59 Å². The Hall–Kier alpha value is -0.660. The molecule has 0 aromatic rings. The molecule has 2 nitrogen and oxygen atoms in total. The minimum atomic E-state index is 0.0625. The van der Waals surface area contributed by atoms with Gasteiger partial charge in [-0.15, -0.1) is 0 Å². The SMILES string of the molecule is CC(C)C(=O)C1CC(=O)C1. The third-order valence-corrected chi connectivity index (χ3v) is 1.92. The van der Waals surface area contributed by atoms with Crippen LogP contribution in [0.3, 0.4) is 0 Å². The van der Waals surface area contributed by atoms with Crippen molar-refractivity contribution in [3.63, 3.8) is 0 Å². The maximum absolute atomic E-state index is 11.1. The summed E-state index contributed by atoms with van der Waals surface area (Å²) in [5, 5.41) is 0. The molecule has 2 heteroatoms. The number of carbonyl (C=O) groups excluding carboxylic acids is 2. The van der Waals surface area contributed by atoms with Gasteiger partial charge in [-0.2, -0.15) is 0 Å². The lowest BCUT2D eigenvalue weighted by Crippen LogP contribution is -2.32. The van der Waals surface area contributed by atoms with E-state index in [9.17, 15) is 9.59 Å². The van der Waals surface area contributed by atoms with Gasteiger partial charge in [0, 0.05) is 24.7 Å². The second-order valence-corrected chi connectivity index (χ2v) is 3.20. The minimum absolute atomic E-state index is 0.0625. The zero-order valence-corrected chi connectivity index (χ0v) is 6.39. The maximum Gasteiger partial charge on any atom is 0.139 e. The Morgan fingerprint density at radius 1 is 1.50 bits per heavy atom. The minimum Gasteiger partial charge on any atom is -0.300 e. The van der Waals surface area contributed by atoms with Crippen molar-refractivity contribution in [3.8, 4) is 0 Å². The Kier molecular flexibility index (Phi) is 1.88. The zero-order chi connectivity index (χ0) is 7.72. The van der Waals surface area contributed by atoms with Crippen molar-refractivity contribution >= 4 is 11.6 Å². The first-order valence-electron chi connectivity index (χ1n) is 3.66. The zero-order valence-electron chi connectivity index (χ0n) is 6.39. The van der Waals surface area contributed by atoms with E-state index in [0.29, 0.717) is 12.8 Å². The lowest BCUT2D eigenvalue weighted by molar-refractivity contribution is -0.138. The molecule has 0 amide bonds. The van der Waals surface area contributed by atoms with Crippen molar-refractivity contribution in [2.24, 2.45) is 11.8 Å². The van der Waals surface area contributed by atoms with E-state index in [4.69, 9.17) is 0 Å². The van der Waals surface area contributed by atoms with Crippen LogP contribution in [0, 0.1) is 11.8 Å². The predicted molar refractivity (Wildman–Crippen MR) is 37.6 cm³/mol. The van der Waals surface area contributed by atoms with Gasteiger partial charge in [0.05, 0.1) is 0 Å². The largest absolute Gasteiger partial charge is 0.300 e. The topological polar surface area (TPSA) is 34.1 Å². The number of hydrogen-bond donors (Lipinski definition) is 0. The molecular weight excluding hydrogens is 128 g/mol. The second kappa shape index (κ2) is 2.52. The highest BCUT2D eigenvalue weighted by atomic mass is 16.1. The highest BCUT2D eigenvalue weighted by molar-refractivity contribution is 5.97. The fourth-order valence-corrected chi connectivity index (χ4v) is 1.16. The molecule has 1 aliphatic rings. The fourth-order valence-electron chi connectivity index (χ4n) is 1.16. The molecule has 0 radical (unpaired) electrons. The summed E-state index contributed by atoms with van der Waals surface area (Å²) in [7, 11) is 0. The van der Waals surface area contributed by atoms with Crippen LogP contribution in [-0.4, -0.2) is 11.6 Å². The summed E-state index contributed by atoms with van der Waals surface area (Å²) >= 11 is 0. The first-order chi connectivity index (χ1) is 4.61. The van der Waals surface area contributed by atoms with E-state index in [0.717, 1.165) is 0 Å². The number of carbonyl (C=O) groups is 2.